The molecule has 124 valence electrons. The van der Waals surface area contributed by atoms with Gasteiger partial charge in [0.25, 0.3) is 5.91 Å². The van der Waals surface area contributed by atoms with E-state index in [-0.39, 0.29) is 11.1 Å². The summed E-state index contributed by atoms with van der Waals surface area (Å²) in [6, 6.07) is 5.49. The molecule has 3 rings (SSSR count). The highest BCUT2D eigenvalue weighted by molar-refractivity contribution is 5.99. The molecule has 0 saturated heterocycles. The largest absolute Gasteiger partial charge is 0.431 e. The van der Waals surface area contributed by atoms with Crippen LogP contribution in [0, 0.1) is 0 Å². The minimum atomic E-state index is -4.76. The number of pyridine rings is 2. The van der Waals surface area contributed by atoms with Gasteiger partial charge in [-0.05, 0) is 18.2 Å². The normalized spacial score (nSPS) is 20.8. The molecule has 1 aliphatic heterocycles. The fourth-order valence-corrected chi connectivity index (χ4v) is 2.36. The van der Waals surface area contributed by atoms with Crippen molar-refractivity contribution in [3.63, 3.8) is 0 Å². The van der Waals surface area contributed by atoms with Crippen molar-refractivity contribution in [1.29, 1.82) is 0 Å². The second-order valence-corrected chi connectivity index (χ2v) is 5.13. The van der Waals surface area contributed by atoms with Crippen molar-refractivity contribution in [2.75, 3.05) is 0 Å². The number of amides is 1. The van der Waals surface area contributed by atoms with Gasteiger partial charge >= 0.3 is 6.18 Å². The summed E-state index contributed by atoms with van der Waals surface area (Å²) in [7, 11) is 0. The van der Waals surface area contributed by atoms with Gasteiger partial charge < -0.3 is 5.11 Å². The SMILES string of the molecule is O=C(c1ccncc1)N1N=C(C(F)(F)F)C[C@@]1(O)c1cccnc1. The number of rotatable bonds is 2. The van der Waals surface area contributed by atoms with E-state index in [0.717, 1.165) is 0 Å². The van der Waals surface area contributed by atoms with Gasteiger partial charge in [-0.1, -0.05) is 6.07 Å². The molecule has 1 N–H and O–H groups in total. The molecule has 24 heavy (non-hydrogen) atoms. The van der Waals surface area contributed by atoms with Crippen LogP contribution in [0.15, 0.2) is 54.2 Å². The van der Waals surface area contributed by atoms with Gasteiger partial charge in [0.1, 0.15) is 5.71 Å². The molecular formula is C15H11F3N4O2. The third-order valence-corrected chi connectivity index (χ3v) is 3.56. The number of carbonyl (C=O) groups is 1. The fraction of sp³-hybridized carbons (Fsp3) is 0.200. The molecule has 0 aliphatic carbocycles. The Labute approximate surface area is 134 Å². The molecule has 0 fully saturated rings. The van der Waals surface area contributed by atoms with Crippen molar-refractivity contribution in [1.82, 2.24) is 15.0 Å². The van der Waals surface area contributed by atoms with Crippen LogP contribution in [-0.2, 0) is 5.72 Å². The lowest BCUT2D eigenvalue weighted by atomic mass is 9.98. The van der Waals surface area contributed by atoms with Crippen LogP contribution in [0.4, 0.5) is 13.2 Å². The van der Waals surface area contributed by atoms with E-state index in [9.17, 15) is 23.1 Å². The molecule has 1 aliphatic rings. The van der Waals surface area contributed by atoms with Gasteiger partial charge in [0.15, 0.2) is 5.72 Å². The summed E-state index contributed by atoms with van der Waals surface area (Å²) < 4.78 is 39.2. The van der Waals surface area contributed by atoms with Crippen molar-refractivity contribution in [3.8, 4) is 0 Å². The van der Waals surface area contributed by atoms with E-state index in [4.69, 9.17) is 0 Å². The van der Waals surface area contributed by atoms with E-state index in [1.54, 1.807) is 0 Å². The van der Waals surface area contributed by atoms with Crippen LogP contribution in [0.3, 0.4) is 0 Å². The lowest BCUT2D eigenvalue weighted by Gasteiger charge is -2.31. The van der Waals surface area contributed by atoms with Crippen molar-refractivity contribution in [2.24, 2.45) is 5.10 Å². The Morgan fingerprint density at radius 1 is 1.17 bits per heavy atom. The average Bonchev–Trinajstić information content (AvgIpc) is 2.95. The number of nitrogens with zero attached hydrogens (tertiary/aromatic N) is 4. The van der Waals surface area contributed by atoms with Crippen molar-refractivity contribution in [2.45, 2.75) is 18.3 Å². The zero-order valence-electron chi connectivity index (χ0n) is 12.1. The third kappa shape index (κ3) is 2.73. The van der Waals surface area contributed by atoms with E-state index in [2.05, 4.69) is 15.1 Å². The maximum atomic E-state index is 13.1. The third-order valence-electron chi connectivity index (χ3n) is 3.56. The number of aliphatic hydroxyl groups is 1. The molecule has 0 radical (unpaired) electrons. The van der Waals surface area contributed by atoms with Gasteiger partial charge in [-0.2, -0.15) is 23.3 Å². The lowest BCUT2D eigenvalue weighted by Crippen LogP contribution is -2.43. The summed E-state index contributed by atoms with van der Waals surface area (Å²) >= 11 is 0. The van der Waals surface area contributed by atoms with Gasteiger partial charge in [0, 0.05) is 35.9 Å². The molecule has 3 heterocycles. The minimum Gasteiger partial charge on any atom is -0.365 e. The second-order valence-electron chi connectivity index (χ2n) is 5.13. The summed E-state index contributed by atoms with van der Waals surface area (Å²) in [6.07, 6.45) is -0.395. The average molecular weight is 336 g/mol. The van der Waals surface area contributed by atoms with Gasteiger partial charge in [0.2, 0.25) is 0 Å². The standard InChI is InChI=1S/C15H11F3N4O2/c16-15(17,18)12-8-14(24,11-2-1-5-20-9-11)22(21-12)13(23)10-3-6-19-7-4-10/h1-7,9,24H,8H2/t14-/m1/s1. The van der Waals surface area contributed by atoms with Gasteiger partial charge in [-0.3, -0.25) is 14.8 Å². The maximum absolute atomic E-state index is 13.1. The Kier molecular flexibility index (Phi) is 3.80. The summed E-state index contributed by atoms with van der Waals surface area (Å²) in [5, 5.41) is 14.6. The number of halogens is 3. The molecule has 2 aromatic rings. The van der Waals surface area contributed by atoms with Gasteiger partial charge in [-0.25, -0.2) is 0 Å². The molecule has 1 amide bonds. The number of hydrogen-bond acceptors (Lipinski definition) is 5. The summed E-state index contributed by atoms with van der Waals surface area (Å²) in [5.74, 6) is -0.872. The van der Waals surface area contributed by atoms with Crippen molar-refractivity contribution >= 4 is 11.6 Å². The first-order valence-corrected chi connectivity index (χ1v) is 6.84. The van der Waals surface area contributed by atoms with Crippen LogP contribution in [0.2, 0.25) is 0 Å². The highest BCUT2D eigenvalue weighted by Gasteiger charge is 2.53. The topological polar surface area (TPSA) is 78.7 Å². The molecule has 0 saturated carbocycles. The molecular weight excluding hydrogens is 325 g/mol. The fourth-order valence-electron chi connectivity index (χ4n) is 2.36. The molecule has 0 unspecified atom stereocenters. The first-order valence-electron chi connectivity index (χ1n) is 6.84. The minimum absolute atomic E-state index is 0.0374. The number of aromatic nitrogens is 2. The highest BCUT2D eigenvalue weighted by Crippen LogP contribution is 2.40. The zero-order valence-corrected chi connectivity index (χ0v) is 12.1. The summed E-state index contributed by atoms with van der Waals surface area (Å²) in [5.41, 5.74) is -3.41. The Morgan fingerprint density at radius 2 is 1.88 bits per heavy atom. The maximum Gasteiger partial charge on any atom is 0.431 e. The van der Waals surface area contributed by atoms with Gasteiger partial charge in [-0.15, -0.1) is 0 Å². The van der Waals surface area contributed by atoms with Crippen LogP contribution in [-0.4, -0.2) is 37.9 Å². The molecule has 0 aromatic carbocycles. The number of alkyl halides is 3. The first kappa shape index (κ1) is 16.1. The van der Waals surface area contributed by atoms with Crippen molar-refractivity contribution < 1.29 is 23.1 Å². The number of hydrogen-bond donors (Lipinski definition) is 1. The molecule has 0 spiro atoms. The molecule has 2 aromatic heterocycles. The molecule has 9 heteroatoms. The Morgan fingerprint density at radius 3 is 2.46 bits per heavy atom. The van der Waals surface area contributed by atoms with Crippen molar-refractivity contribution in [3.05, 3.63) is 60.2 Å². The van der Waals surface area contributed by atoms with E-state index in [0.29, 0.717) is 5.01 Å². The predicted octanol–water partition coefficient (Wildman–Crippen LogP) is 2.09. The van der Waals surface area contributed by atoms with Gasteiger partial charge in [0.05, 0.1) is 6.42 Å². The first-order chi connectivity index (χ1) is 11.3. The highest BCUT2D eigenvalue weighted by atomic mass is 19.4. The zero-order chi connectivity index (χ0) is 17.4. The predicted molar refractivity (Wildman–Crippen MR) is 76.6 cm³/mol. The molecule has 0 bridgehead atoms. The summed E-state index contributed by atoms with van der Waals surface area (Å²) in [4.78, 5) is 20.1. The van der Waals surface area contributed by atoms with E-state index >= 15 is 0 Å². The van der Waals surface area contributed by atoms with Crippen LogP contribution >= 0.6 is 0 Å². The molecule has 1 atom stereocenters. The molecule has 6 nitrogen and oxygen atoms in total. The number of hydrazone groups is 1. The van der Waals surface area contributed by atoms with E-state index in [1.165, 1.54) is 49.1 Å². The summed E-state index contributed by atoms with van der Waals surface area (Å²) in [6.45, 7) is 0. The Hall–Kier alpha value is -2.81. The van der Waals surface area contributed by atoms with Crippen LogP contribution in [0.1, 0.15) is 22.3 Å². The quantitative estimate of drug-likeness (QED) is 0.911. The van der Waals surface area contributed by atoms with Crippen LogP contribution in [0.25, 0.3) is 0 Å². The monoisotopic (exact) mass is 336 g/mol. The number of carbonyl (C=O) groups excluding carboxylic acids is 1. The van der Waals surface area contributed by atoms with Crippen LogP contribution in [0.5, 0.6) is 0 Å². The van der Waals surface area contributed by atoms with Crippen LogP contribution < -0.4 is 0 Å². The lowest BCUT2D eigenvalue weighted by molar-refractivity contribution is -0.0817. The van der Waals surface area contributed by atoms with E-state index in [1.807, 2.05) is 0 Å². The second kappa shape index (κ2) is 5.68. The van der Waals surface area contributed by atoms with E-state index < -0.39 is 29.9 Å². The Balaban J connectivity index is 2.07. The Bertz CT molecular complexity index is 780. The smallest absolute Gasteiger partial charge is 0.365 e.